The van der Waals surface area contributed by atoms with Gasteiger partial charge in [-0.15, -0.1) is 0 Å². The highest BCUT2D eigenvalue weighted by Crippen LogP contribution is 2.38. The van der Waals surface area contributed by atoms with Crippen molar-refractivity contribution in [1.82, 2.24) is 0 Å². The fraction of sp³-hybridized carbons (Fsp3) is 0.333. The van der Waals surface area contributed by atoms with Crippen LogP contribution in [0.2, 0.25) is 0 Å². The average molecular weight is 360 g/mol. The van der Waals surface area contributed by atoms with Gasteiger partial charge in [0.2, 0.25) is 0 Å². The number of halogens is 5. The van der Waals surface area contributed by atoms with Crippen molar-refractivity contribution in [2.24, 2.45) is 0 Å². The van der Waals surface area contributed by atoms with Crippen LogP contribution < -0.4 is 9.47 Å². The van der Waals surface area contributed by atoms with E-state index in [2.05, 4.69) is 4.74 Å². The van der Waals surface area contributed by atoms with Gasteiger partial charge in [0.1, 0.15) is 11.5 Å². The van der Waals surface area contributed by atoms with E-state index < -0.39 is 18.0 Å². The summed E-state index contributed by atoms with van der Waals surface area (Å²) in [5, 5.41) is 0. The molecule has 136 valence electrons. The lowest BCUT2D eigenvalue weighted by molar-refractivity contribution is -0.360. The van der Waals surface area contributed by atoms with Crippen molar-refractivity contribution >= 4 is 0 Å². The van der Waals surface area contributed by atoms with Gasteiger partial charge in [0, 0.05) is 6.42 Å². The number of ether oxygens (including phenoxy) is 2. The monoisotopic (exact) mass is 360 g/mol. The molecule has 0 aliphatic carbocycles. The lowest BCUT2D eigenvalue weighted by atomic mass is 10.0. The molecule has 0 saturated heterocycles. The zero-order valence-electron chi connectivity index (χ0n) is 13.6. The summed E-state index contributed by atoms with van der Waals surface area (Å²) in [4.78, 5) is 0. The van der Waals surface area contributed by atoms with Gasteiger partial charge in [-0.3, -0.25) is 0 Å². The molecule has 0 atom stereocenters. The summed E-state index contributed by atoms with van der Waals surface area (Å²) in [5.41, 5.74) is 0.950. The third kappa shape index (κ3) is 5.08. The van der Waals surface area contributed by atoms with Crippen molar-refractivity contribution in [3.05, 3.63) is 59.7 Å². The molecule has 0 aromatic heterocycles. The van der Waals surface area contributed by atoms with E-state index in [-0.39, 0.29) is 18.1 Å². The van der Waals surface area contributed by atoms with E-state index >= 15 is 0 Å². The van der Waals surface area contributed by atoms with Crippen molar-refractivity contribution in [3.8, 4) is 11.5 Å². The van der Waals surface area contributed by atoms with Crippen LogP contribution in [0.15, 0.2) is 48.5 Å². The summed E-state index contributed by atoms with van der Waals surface area (Å²) < 4.78 is 72.8. The molecule has 0 radical (unpaired) electrons. The molecule has 0 unspecified atom stereocenters. The molecule has 7 heteroatoms. The van der Waals surface area contributed by atoms with Crippen LogP contribution in [0.1, 0.15) is 25.0 Å². The van der Waals surface area contributed by atoms with Gasteiger partial charge in [-0.2, -0.15) is 22.0 Å². The lowest BCUT2D eigenvalue weighted by Crippen LogP contribution is -2.42. The maximum atomic E-state index is 13.1. The van der Waals surface area contributed by atoms with Gasteiger partial charge in [-0.05, 0) is 43.2 Å². The Balaban J connectivity index is 2.18. The number of benzene rings is 2. The van der Waals surface area contributed by atoms with Crippen molar-refractivity contribution in [2.45, 2.75) is 38.7 Å². The highest BCUT2D eigenvalue weighted by Gasteiger charge is 2.61. The molecular formula is C18H17F5O2. The molecule has 0 spiro atoms. The Labute approximate surface area is 142 Å². The lowest BCUT2D eigenvalue weighted by Gasteiger charge is -2.21. The van der Waals surface area contributed by atoms with Gasteiger partial charge >= 0.3 is 12.3 Å². The normalized spacial score (nSPS) is 12.3. The average Bonchev–Trinajstić information content (AvgIpc) is 2.49. The zero-order valence-corrected chi connectivity index (χ0v) is 13.6. The van der Waals surface area contributed by atoms with Gasteiger partial charge in [0.15, 0.2) is 0 Å². The van der Waals surface area contributed by atoms with Gasteiger partial charge in [-0.25, -0.2) is 0 Å². The summed E-state index contributed by atoms with van der Waals surface area (Å²) in [5.74, 6) is 0.138. The SMILES string of the molecule is CC(C)Oc1ccc(Cc2ccccc2OC(F)(F)C(F)(F)F)cc1. The molecule has 2 aromatic rings. The largest absolute Gasteiger partial charge is 0.499 e. The van der Waals surface area contributed by atoms with Crippen LogP contribution in [-0.2, 0) is 6.42 Å². The molecular weight excluding hydrogens is 343 g/mol. The van der Waals surface area contributed by atoms with Crippen molar-refractivity contribution in [1.29, 1.82) is 0 Å². The molecule has 2 rings (SSSR count). The topological polar surface area (TPSA) is 18.5 Å². The van der Waals surface area contributed by atoms with E-state index in [9.17, 15) is 22.0 Å². The zero-order chi connectivity index (χ0) is 18.7. The van der Waals surface area contributed by atoms with Crippen LogP contribution in [0.25, 0.3) is 0 Å². The maximum absolute atomic E-state index is 13.1. The first-order valence-corrected chi connectivity index (χ1v) is 7.55. The van der Waals surface area contributed by atoms with Crippen molar-refractivity contribution < 1.29 is 31.4 Å². The molecule has 2 nitrogen and oxygen atoms in total. The molecule has 0 heterocycles. The first-order valence-electron chi connectivity index (χ1n) is 7.55. The number of rotatable bonds is 6. The summed E-state index contributed by atoms with van der Waals surface area (Å²) in [6.45, 7) is 3.75. The summed E-state index contributed by atoms with van der Waals surface area (Å²) in [6.07, 6.45) is -10.9. The Morgan fingerprint density at radius 2 is 1.48 bits per heavy atom. The highest BCUT2D eigenvalue weighted by molar-refractivity contribution is 5.39. The smallest absolute Gasteiger partial charge is 0.491 e. The second kappa shape index (κ2) is 7.29. The molecule has 25 heavy (non-hydrogen) atoms. The molecule has 0 aliphatic rings. The highest BCUT2D eigenvalue weighted by atomic mass is 19.4. The number of hydrogen-bond acceptors (Lipinski definition) is 2. The van der Waals surface area contributed by atoms with E-state index in [0.717, 1.165) is 11.6 Å². The molecule has 0 bridgehead atoms. The molecule has 0 N–H and O–H groups in total. The van der Waals surface area contributed by atoms with E-state index in [1.807, 2.05) is 13.8 Å². The molecule has 0 fully saturated rings. The molecule has 0 amide bonds. The first-order chi connectivity index (χ1) is 11.6. The Morgan fingerprint density at radius 1 is 0.880 bits per heavy atom. The van der Waals surface area contributed by atoms with Gasteiger partial charge in [-0.1, -0.05) is 30.3 Å². The van der Waals surface area contributed by atoms with Gasteiger partial charge in [0.25, 0.3) is 0 Å². The van der Waals surface area contributed by atoms with Crippen LogP contribution in [0.5, 0.6) is 11.5 Å². The van der Waals surface area contributed by atoms with Crippen LogP contribution >= 0.6 is 0 Å². The van der Waals surface area contributed by atoms with E-state index in [0.29, 0.717) is 5.75 Å². The number of alkyl halides is 5. The third-order valence-electron chi connectivity index (χ3n) is 3.23. The van der Waals surface area contributed by atoms with E-state index in [1.54, 1.807) is 30.3 Å². The molecule has 0 saturated carbocycles. The van der Waals surface area contributed by atoms with Crippen LogP contribution in [0, 0.1) is 0 Å². The predicted molar refractivity (Wildman–Crippen MR) is 83.1 cm³/mol. The van der Waals surface area contributed by atoms with E-state index in [4.69, 9.17) is 4.74 Å². The Bertz CT molecular complexity index is 693. The minimum absolute atomic E-state index is 0.00424. The minimum Gasteiger partial charge on any atom is -0.491 e. The molecule has 0 aliphatic heterocycles. The van der Waals surface area contributed by atoms with E-state index in [1.165, 1.54) is 12.1 Å². The Morgan fingerprint density at radius 3 is 2.04 bits per heavy atom. The second-order valence-electron chi connectivity index (χ2n) is 5.71. The quantitative estimate of drug-likeness (QED) is 0.625. The van der Waals surface area contributed by atoms with Crippen molar-refractivity contribution in [2.75, 3.05) is 0 Å². The van der Waals surface area contributed by atoms with Crippen LogP contribution in [-0.4, -0.2) is 18.4 Å². The predicted octanol–water partition coefficient (Wildman–Crippen LogP) is 5.60. The van der Waals surface area contributed by atoms with Crippen LogP contribution in [0.4, 0.5) is 22.0 Å². The summed E-state index contributed by atoms with van der Waals surface area (Å²) >= 11 is 0. The fourth-order valence-electron chi connectivity index (χ4n) is 2.12. The van der Waals surface area contributed by atoms with Gasteiger partial charge in [0.05, 0.1) is 6.10 Å². The fourth-order valence-corrected chi connectivity index (χ4v) is 2.12. The van der Waals surface area contributed by atoms with Gasteiger partial charge < -0.3 is 9.47 Å². The standard InChI is InChI=1S/C18H17F5O2/c1-12(2)24-15-9-7-13(8-10-15)11-14-5-3-4-6-16(14)25-18(22,23)17(19,20)21/h3-10,12H,11H2,1-2H3. The second-order valence-corrected chi connectivity index (χ2v) is 5.71. The summed E-state index contributed by atoms with van der Waals surface area (Å²) in [7, 11) is 0. The third-order valence-corrected chi connectivity index (χ3v) is 3.23. The molecule has 2 aromatic carbocycles. The Hall–Kier alpha value is -2.31. The number of hydrogen-bond donors (Lipinski definition) is 0. The maximum Gasteiger partial charge on any atom is 0.499 e. The van der Waals surface area contributed by atoms with Crippen molar-refractivity contribution in [3.63, 3.8) is 0 Å². The first kappa shape index (κ1) is 19.0. The minimum atomic E-state index is -5.78. The Kier molecular flexibility index (Phi) is 5.55. The summed E-state index contributed by atoms with van der Waals surface area (Å²) in [6, 6.07) is 12.3. The van der Waals surface area contributed by atoms with Crippen LogP contribution in [0.3, 0.4) is 0 Å². The number of para-hydroxylation sites is 1.